The van der Waals surface area contributed by atoms with Crippen molar-refractivity contribution in [3.05, 3.63) is 60.2 Å². The molecule has 0 radical (unpaired) electrons. The van der Waals surface area contributed by atoms with Crippen LogP contribution < -0.4 is 4.90 Å². The topological polar surface area (TPSA) is 40.5 Å². The van der Waals surface area contributed by atoms with Gasteiger partial charge in [-0.25, -0.2) is 4.79 Å². The van der Waals surface area contributed by atoms with Gasteiger partial charge in [0, 0.05) is 5.69 Å². The number of halogens is 2. The highest BCUT2D eigenvalue weighted by Crippen LogP contribution is 2.33. The van der Waals surface area contributed by atoms with E-state index in [2.05, 4.69) is 0 Å². The molecule has 3 nitrogen and oxygen atoms in total. The zero-order valence-electron chi connectivity index (χ0n) is 9.83. The number of alkyl halides is 2. The molecule has 0 spiro atoms. The average Bonchev–Trinajstić information content (AvgIpc) is 2.40. The molecule has 0 aliphatic rings. The number of hydrogen-bond donors (Lipinski definition) is 1. The molecule has 2 aromatic carbocycles. The summed E-state index contributed by atoms with van der Waals surface area (Å²) >= 11 is 12.0. The predicted octanol–water partition coefficient (Wildman–Crippen LogP) is 4.28. The van der Waals surface area contributed by atoms with Crippen LogP contribution in [0.1, 0.15) is 10.4 Å². The molecule has 0 amide bonds. The fourth-order valence-electron chi connectivity index (χ4n) is 1.81. The Hall–Kier alpha value is -1.71. The van der Waals surface area contributed by atoms with Crippen molar-refractivity contribution >= 4 is 40.5 Å². The smallest absolute Gasteiger partial charge is 0.337 e. The minimum atomic E-state index is -1.02. The second-order valence-corrected chi connectivity index (χ2v) is 4.86. The number of benzene rings is 2. The van der Waals surface area contributed by atoms with E-state index in [1.54, 1.807) is 23.1 Å². The molecular formula is C14H11Cl2NO2. The first kappa shape index (κ1) is 13.7. The molecule has 0 fully saturated rings. The van der Waals surface area contributed by atoms with E-state index in [0.717, 1.165) is 5.69 Å². The van der Waals surface area contributed by atoms with E-state index >= 15 is 0 Å². The van der Waals surface area contributed by atoms with Gasteiger partial charge in [0.25, 0.3) is 0 Å². The molecule has 0 atom stereocenters. The first-order valence-electron chi connectivity index (χ1n) is 5.56. The van der Waals surface area contributed by atoms with E-state index in [1.807, 2.05) is 30.3 Å². The summed E-state index contributed by atoms with van der Waals surface area (Å²) in [5.74, 6) is -1.02. The summed E-state index contributed by atoms with van der Waals surface area (Å²) < 4.78 is 0. The minimum Gasteiger partial charge on any atom is -0.478 e. The molecule has 0 aromatic heterocycles. The minimum absolute atomic E-state index is 0.151. The molecule has 19 heavy (non-hydrogen) atoms. The van der Waals surface area contributed by atoms with Gasteiger partial charge in [0.15, 0.2) is 4.96 Å². The van der Waals surface area contributed by atoms with Gasteiger partial charge in [-0.15, -0.1) is 0 Å². The van der Waals surface area contributed by atoms with Crippen LogP contribution in [-0.4, -0.2) is 16.0 Å². The second kappa shape index (κ2) is 5.95. The molecular weight excluding hydrogens is 285 g/mol. The second-order valence-electron chi connectivity index (χ2n) is 3.81. The summed E-state index contributed by atoms with van der Waals surface area (Å²) in [6, 6.07) is 15.8. The van der Waals surface area contributed by atoms with E-state index in [-0.39, 0.29) is 5.56 Å². The van der Waals surface area contributed by atoms with Gasteiger partial charge in [-0.05, 0) is 24.3 Å². The highest BCUT2D eigenvalue weighted by molar-refractivity contribution is 6.46. The summed E-state index contributed by atoms with van der Waals surface area (Å²) in [7, 11) is 0. The summed E-state index contributed by atoms with van der Waals surface area (Å²) in [5, 5.41) is 9.23. The van der Waals surface area contributed by atoms with Crippen LogP contribution in [0.15, 0.2) is 54.6 Å². The van der Waals surface area contributed by atoms with Gasteiger partial charge in [0.05, 0.1) is 11.3 Å². The lowest BCUT2D eigenvalue weighted by Gasteiger charge is -2.27. The van der Waals surface area contributed by atoms with Crippen molar-refractivity contribution in [2.75, 3.05) is 4.90 Å². The Morgan fingerprint density at radius 2 is 1.58 bits per heavy atom. The largest absolute Gasteiger partial charge is 0.478 e. The zero-order valence-corrected chi connectivity index (χ0v) is 11.3. The third-order valence-electron chi connectivity index (χ3n) is 2.62. The Balaban J connectivity index is 2.55. The molecule has 0 heterocycles. The highest BCUT2D eigenvalue weighted by Gasteiger charge is 2.21. The van der Waals surface area contributed by atoms with Crippen molar-refractivity contribution < 1.29 is 9.90 Å². The quantitative estimate of drug-likeness (QED) is 0.676. The molecule has 1 N–H and O–H groups in total. The maximum absolute atomic E-state index is 11.3. The van der Waals surface area contributed by atoms with Crippen LogP contribution >= 0.6 is 23.2 Å². The Labute approximate surface area is 121 Å². The standard InChI is InChI=1S/C14H11Cl2NO2/c15-14(16)17(10-6-2-1-3-7-10)12-9-5-4-8-11(12)13(18)19/h1-9,14H,(H,18,19). The average molecular weight is 296 g/mol. The number of carboxylic acids is 1. The number of hydrogen-bond acceptors (Lipinski definition) is 2. The summed E-state index contributed by atoms with van der Waals surface area (Å²) in [6.07, 6.45) is 0. The number of carbonyl (C=O) groups is 1. The van der Waals surface area contributed by atoms with Gasteiger partial charge < -0.3 is 10.0 Å². The number of aromatic carboxylic acids is 1. The van der Waals surface area contributed by atoms with Crippen LogP contribution in [0.4, 0.5) is 11.4 Å². The van der Waals surface area contributed by atoms with E-state index in [1.165, 1.54) is 6.07 Å². The van der Waals surface area contributed by atoms with Crippen LogP contribution in [0, 0.1) is 0 Å². The first-order valence-corrected chi connectivity index (χ1v) is 6.43. The summed E-state index contributed by atoms with van der Waals surface area (Å²) in [4.78, 5) is 11.9. The van der Waals surface area contributed by atoms with Crippen molar-refractivity contribution in [3.63, 3.8) is 0 Å². The molecule has 0 bridgehead atoms. The Morgan fingerprint density at radius 3 is 2.16 bits per heavy atom. The Bertz CT molecular complexity index is 573. The fourth-order valence-corrected chi connectivity index (χ4v) is 2.25. The lowest BCUT2D eigenvalue weighted by atomic mass is 10.1. The fraction of sp³-hybridized carbons (Fsp3) is 0.0714. The summed E-state index contributed by atoms with van der Waals surface area (Å²) in [5.41, 5.74) is 1.33. The maximum Gasteiger partial charge on any atom is 0.337 e. The molecule has 2 rings (SSSR count). The van der Waals surface area contributed by atoms with Gasteiger partial charge in [0.2, 0.25) is 0 Å². The molecule has 2 aromatic rings. The van der Waals surface area contributed by atoms with Crippen molar-refractivity contribution in [1.82, 2.24) is 0 Å². The van der Waals surface area contributed by atoms with Gasteiger partial charge in [-0.3, -0.25) is 0 Å². The van der Waals surface area contributed by atoms with E-state index in [4.69, 9.17) is 23.2 Å². The van der Waals surface area contributed by atoms with Crippen molar-refractivity contribution in [1.29, 1.82) is 0 Å². The summed E-state index contributed by atoms with van der Waals surface area (Å²) in [6.45, 7) is 0. The monoisotopic (exact) mass is 295 g/mol. The van der Waals surface area contributed by atoms with Crippen LogP contribution in [0.3, 0.4) is 0 Å². The molecule has 0 aliphatic heterocycles. The SMILES string of the molecule is O=C(O)c1ccccc1N(c1ccccc1)C(Cl)Cl. The van der Waals surface area contributed by atoms with Crippen LogP contribution in [0.25, 0.3) is 0 Å². The van der Waals surface area contributed by atoms with E-state index in [9.17, 15) is 9.90 Å². The Morgan fingerprint density at radius 1 is 1.00 bits per heavy atom. The first-order chi connectivity index (χ1) is 9.11. The number of nitrogens with zero attached hydrogens (tertiary/aromatic N) is 1. The van der Waals surface area contributed by atoms with Gasteiger partial charge in [-0.2, -0.15) is 0 Å². The molecule has 0 aliphatic carbocycles. The molecule has 5 heteroatoms. The number of para-hydroxylation sites is 2. The van der Waals surface area contributed by atoms with Crippen LogP contribution in [0.5, 0.6) is 0 Å². The van der Waals surface area contributed by atoms with Crippen LogP contribution in [0.2, 0.25) is 0 Å². The van der Waals surface area contributed by atoms with E-state index < -0.39 is 10.9 Å². The normalized spacial score (nSPS) is 10.5. The van der Waals surface area contributed by atoms with Gasteiger partial charge in [0.1, 0.15) is 0 Å². The van der Waals surface area contributed by atoms with E-state index in [0.29, 0.717) is 5.69 Å². The third-order valence-corrected chi connectivity index (χ3v) is 3.01. The molecule has 0 unspecified atom stereocenters. The molecule has 0 saturated carbocycles. The lowest BCUT2D eigenvalue weighted by Crippen LogP contribution is -2.23. The number of rotatable bonds is 4. The van der Waals surface area contributed by atoms with Crippen molar-refractivity contribution in [3.8, 4) is 0 Å². The number of anilines is 2. The maximum atomic E-state index is 11.3. The molecule has 0 saturated heterocycles. The Kier molecular flexibility index (Phi) is 4.30. The predicted molar refractivity (Wildman–Crippen MR) is 77.5 cm³/mol. The van der Waals surface area contributed by atoms with Crippen LogP contribution in [-0.2, 0) is 0 Å². The third kappa shape index (κ3) is 3.00. The van der Waals surface area contributed by atoms with Gasteiger partial charge in [-0.1, -0.05) is 53.5 Å². The lowest BCUT2D eigenvalue weighted by molar-refractivity contribution is 0.0697. The molecule has 98 valence electrons. The van der Waals surface area contributed by atoms with Gasteiger partial charge >= 0.3 is 5.97 Å². The number of carboxylic acid groups (broad SMARTS) is 1. The highest BCUT2D eigenvalue weighted by atomic mass is 35.5. The zero-order chi connectivity index (χ0) is 13.8. The van der Waals surface area contributed by atoms with Crippen molar-refractivity contribution in [2.45, 2.75) is 4.96 Å². The van der Waals surface area contributed by atoms with Crippen molar-refractivity contribution in [2.24, 2.45) is 0 Å².